The van der Waals surface area contributed by atoms with Crippen LogP contribution in [-0.4, -0.2) is 22.3 Å². The molecule has 5 heteroatoms. The number of aromatic nitrogens is 1. The lowest BCUT2D eigenvalue weighted by atomic mass is 10.4. The number of nitrogens with one attached hydrogen (secondary N) is 2. The number of amidine groups is 1. The molecule has 0 unspecified atom stereocenters. The van der Waals surface area contributed by atoms with E-state index < -0.39 is 0 Å². The van der Waals surface area contributed by atoms with Crippen molar-refractivity contribution in [3.63, 3.8) is 0 Å². The van der Waals surface area contributed by atoms with E-state index in [1.54, 1.807) is 0 Å². The molecular formula is C8H11N3OS. The van der Waals surface area contributed by atoms with Crippen LogP contribution < -0.4 is 4.87 Å². The van der Waals surface area contributed by atoms with Gasteiger partial charge in [-0.1, -0.05) is 11.3 Å². The minimum Gasteiger partial charge on any atom is -0.355 e. The maximum absolute atomic E-state index is 10.8. The van der Waals surface area contributed by atoms with E-state index in [1.807, 2.05) is 10.3 Å². The van der Waals surface area contributed by atoms with Crippen LogP contribution in [0, 0.1) is 5.41 Å². The molecule has 1 aromatic rings. The number of nitrogens with zero attached hydrogens (tertiary/aromatic N) is 1. The Kier molecular flexibility index (Phi) is 2.18. The van der Waals surface area contributed by atoms with E-state index in [9.17, 15) is 4.79 Å². The lowest BCUT2D eigenvalue weighted by Gasteiger charge is -2.15. The van der Waals surface area contributed by atoms with Gasteiger partial charge < -0.3 is 9.88 Å². The predicted molar refractivity (Wildman–Crippen MR) is 52.3 cm³/mol. The Hall–Kier alpha value is -1.10. The van der Waals surface area contributed by atoms with Crippen LogP contribution in [0.4, 0.5) is 0 Å². The fraction of sp³-hybridized carbons (Fsp3) is 0.500. The van der Waals surface area contributed by atoms with E-state index in [-0.39, 0.29) is 4.87 Å². The van der Waals surface area contributed by atoms with Gasteiger partial charge in [-0.25, -0.2) is 0 Å². The van der Waals surface area contributed by atoms with Crippen molar-refractivity contribution in [1.82, 2.24) is 9.88 Å². The van der Waals surface area contributed by atoms with Crippen LogP contribution in [0.5, 0.6) is 0 Å². The molecule has 0 saturated carbocycles. The Labute approximate surface area is 79.7 Å². The molecule has 0 amide bonds. The molecule has 2 N–H and O–H groups in total. The van der Waals surface area contributed by atoms with E-state index in [2.05, 4.69) is 4.98 Å². The van der Waals surface area contributed by atoms with E-state index >= 15 is 0 Å². The monoisotopic (exact) mass is 197 g/mol. The molecule has 4 nitrogen and oxygen atoms in total. The SMILES string of the molecule is N=C1CCCN1Cc1csc(=O)[nH]1. The smallest absolute Gasteiger partial charge is 0.304 e. The number of hydrogen-bond donors (Lipinski definition) is 2. The van der Waals surface area contributed by atoms with Gasteiger partial charge in [0.25, 0.3) is 0 Å². The van der Waals surface area contributed by atoms with Gasteiger partial charge in [0.15, 0.2) is 0 Å². The van der Waals surface area contributed by atoms with Gasteiger partial charge in [-0.15, -0.1) is 0 Å². The fourth-order valence-electron chi connectivity index (χ4n) is 1.50. The quantitative estimate of drug-likeness (QED) is 0.743. The van der Waals surface area contributed by atoms with E-state index in [0.717, 1.165) is 25.1 Å². The van der Waals surface area contributed by atoms with E-state index in [4.69, 9.17) is 5.41 Å². The minimum atomic E-state index is -0.0132. The molecule has 0 bridgehead atoms. The summed E-state index contributed by atoms with van der Waals surface area (Å²) in [6, 6.07) is 0. The summed E-state index contributed by atoms with van der Waals surface area (Å²) in [5.41, 5.74) is 0.918. The lowest BCUT2D eigenvalue weighted by molar-refractivity contribution is 0.440. The van der Waals surface area contributed by atoms with Gasteiger partial charge in [0.05, 0.1) is 12.4 Å². The summed E-state index contributed by atoms with van der Waals surface area (Å²) in [6.07, 6.45) is 1.93. The molecule has 1 aromatic heterocycles. The van der Waals surface area contributed by atoms with E-state index in [1.165, 1.54) is 11.3 Å². The van der Waals surface area contributed by atoms with Crippen molar-refractivity contribution in [2.45, 2.75) is 19.4 Å². The van der Waals surface area contributed by atoms with Crippen LogP contribution >= 0.6 is 11.3 Å². The first-order chi connectivity index (χ1) is 6.25. The second-order valence-electron chi connectivity index (χ2n) is 3.15. The number of hydrogen-bond acceptors (Lipinski definition) is 3. The molecule has 1 aliphatic heterocycles. The van der Waals surface area contributed by atoms with Gasteiger partial charge in [-0.3, -0.25) is 10.2 Å². The summed E-state index contributed by atoms with van der Waals surface area (Å²) >= 11 is 1.18. The van der Waals surface area contributed by atoms with E-state index in [0.29, 0.717) is 12.4 Å². The minimum absolute atomic E-state index is 0.0132. The van der Waals surface area contributed by atoms with Gasteiger partial charge in [0, 0.05) is 24.0 Å². The number of H-pyrrole nitrogens is 1. The molecule has 13 heavy (non-hydrogen) atoms. The van der Waals surface area contributed by atoms with Crippen molar-refractivity contribution in [3.8, 4) is 0 Å². The fourth-order valence-corrected chi connectivity index (χ4v) is 2.07. The second-order valence-corrected chi connectivity index (χ2v) is 3.99. The maximum Gasteiger partial charge on any atom is 0.304 e. The summed E-state index contributed by atoms with van der Waals surface area (Å²) in [5.74, 6) is 0.687. The third-order valence-corrected chi connectivity index (χ3v) is 2.87. The predicted octanol–water partition coefficient (Wildman–Crippen LogP) is 1.01. The number of rotatable bonds is 2. The zero-order chi connectivity index (χ0) is 9.26. The number of likely N-dealkylation sites (tertiary alicyclic amines) is 1. The van der Waals surface area contributed by atoms with Gasteiger partial charge >= 0.3 is 4.87 Å². The Bertz CT molecular complexity index is 367. The maximum atomic E-state index is 10.8. The summed E-state index contributed by atoms with van der Waals surface area (Å²) in [6.45, 7) is 1.62. The molecule has 70 valence electrons. The summed E-state index contributed by atoms with van der Waals surface area (Å²) in [4.78, 5) is 15.6. The number of thiazole rings is 1. The topological polar surface area (TPSA) is 60.0 Å². The molecule has 0 aromatic carbocycles. The molecule has 1 saturated heterocycles. The summed E-state index contributed by atoms with van der Waals surface area (Å²) in [5, 5.41) is 9.43. The molecule has 0 aliphatic carbocycles. The summed E-state index contributed by atoms with van der Waals surface area (Å²) < 4.78 is 0. The first-order valence-electron chi connectivity index (χ1n) is 4.25. The van der Waals surface area contributed by atoms with Crippen molar-refractivity contribution >= 4 is 17.2 Å². The lowest BCUT2D eigenvalue weighted by Crippen LogP contribution is -2.23. The highest BCUT2D eigenvalue weighted by molar-refractivity contribution is 7.07. The Morgan fingerprint density at radius 3 is 3.08 bits per heavy atom. The third kappa shape index (κ3) is 1.80. The van der Waals surface area contributed by atoms with Crippen LogP contribution in [0.15, 0.2) is 10.2 Å². The standard InChI is InChI=1S/C8H11N3OS/c9-7-2-1-3-11(7)4-6-5-13-8(12)10-6/h5,9H,1-4H2,(H,10,12). The van der Waals surface area contributed by atoms with Crippen molar-refractivity contribution < 1.29 is 0 Å². The van der Waals surface area contributed by atoms with Crippen molar-refractivity contribution in [2.75, 3.05) is 6.54 Å². The molecule has 1 aliphatic rings. The average molecular weight is 197 g/mol. The van der Waals surface area contributed by atoms with Crippen LogP contribution in [0.3, 0.4) is 0 Å². The van der Waals surface area contributed by atoms with Crippen molar-refractivity contribution in [3.05, 3.63) is 20.7 Å². The molecule has 0 atom stereocenters. The molecule has 1 fully saturated rings. The molecule has 0 radical (unpaired) electrons. The van der Waals surface area contributed by atoms with Gasteiger partial charge in [-0.05, 0) is 6.42 Å². The average Bonchev–Trinajstić information content (AvgIpc) is 2.64. The highest BCUT2D eigenvalue weighted by Crippen LogP contribution is 2.13. The normalized spacial score (nSPS) is 16.9. The Balaban J connectivity index is 2.05. The molecule has 2 rings (SSSR count). The van der Waals surface area contributed by atoms with Crippen LogP contribution in [-0.2, 0) is 6.54 Å². The van der Waals surface area contributed by atoms with Crippen LogP contribution in [0.1, 0.15) is 18.5 Å². The van der Waals surface area contributed by atoms with Crippen LogP contribution in [0.2, 0.25) is 0 Å². The molecular weight excluding hydrogens is 186 g/mol. The summed E-state index contributed by atoms with van der Waals surface area (Å²) in [7, 11) is 0. The van der Waals surface area contributed by atoms with Gasteiger partial charge in [-0.2, -0.15) is 0 Å². The van der Waals surface area contributed by atoms with Crippen molar-refractivity contribution in [1.29, 1.82) is 5.41 Å². The van der Waals surface area contributed by atoms with Gasteiger partial charge in [0.2, 0.25) is 0 Å². The zero-order valence-corrected chi connectivity index (χ0v) is 7.99. The number of aromatic amines is 1. The molecule has 2 heterocycles. The molecule has 0 spiro atoms. The third-order valence-electron chi connectivity index (χ3n) is 2.16. The van der Waals surface area contributed by atoms with Crippen molar-refractivity contribution in [2.24, 2.45) is 0 Å². The van der Waals surface area contributed by atoms with Crippen LogP contribution in [0.25, 0.3) is 0 Å². The Morgan fingerprint density at radius 2 is 2.54 bits per heavy atom. The highest BCUT2D eigenvalue weighted by atomic mass is 32.1. The first-order valence-corrected chi connectivity index (χ1v) is 5.13. The van der Waals surface area contributed by atoms with Gasteiger partial charge in [0.1, 0.15) is 0 Å². The second kappa shape index (κ2) is 3.33. The zero-order valence-electron chi connectivity index (χ0n) is 7.17. The first kappa shape index (κ1) is 8.50. The Morgan fingerprint density at radius 1 is 1.69 bits per heavy atom. The highest BCUT2D eigenvalue weighted by Gasteiger charge is 2.16. The largest absolute Gasteiger partial charge is 0.355 e.